The van der Waals surface area contributed by atoms with Crippen molar-refractivity contribution in [3.8, 4) is 5.75 Å². The maximum atomic E-state index is 12.7. The fourth-order valence-corrected chi connectivity index (χ4v) is 4.53. The number of phenolic OH excluding ortho intramolecular Hbond substituents is 1. The van der Waals surface area contributed by atoms with Crippen LogP contribution in [0.1, 0.15) is 36.9 Å². The fourth-order valence-electron chi connectivity index (χ4n) is 4.53. The normalized spacial score (nSPS) is 18.8. The quantitative estimate of drug-likeness (QED) is 0.867. The number of carbonyl (C=O) groups excluding carboxylic acids is 2. The molecule has 4 rings (SSSR count). The monoisotopic (exact) mass is 393 g/mol. The van der Waals surface area contributed by atoms with Crippen LogP contribution in [0.15, 0.2) is 48.7 Å². The first-order chi connectivity index (χ1) is 14.0. The SMILES string of the molecule is O=C(Cc1cccc(O)c1)N1CCC2(CCC(=O)N(Cc3ccccn3)C2)CC1. The second-order valence-corrected chi connectivity index (χ2v) is 8.30. The summed E-state index contributed by atoms with van der Waals surface area (Å²) < 4.78 is 0. The van der Waals surface area contributed by atoms with Crippen LogP contribution in [0.5, 0.6) is 5.75 Å². The van der Waals surface area contributed by atoms with Gasteiger partial charge in [0, 0.05) is 32.3 Å². The lowest BCUT2D eigenvalue weighted by molar-refractivity contribution is -0.143. The number of piperidine rings is 2. The van der Waals surface area contributed by atoms with E-state index in [0.29, 0.717) is 19.4 Å². The van der Waals surface area contributed by atoms with Gasteiger partial charge in [0.2, 0.25) is 11.8 Å². The summed E-state index contributed by atoms with van der Waals surface area (Å²) >= 11 is 0. The van der Waals surface area contributed by atoms with E-state index in [9.17, 15) is 14.7 Å². The molecule has 6 nitrogen and oxygen atoms in total. The van der Waals surface area contributed by atoms with Gasteiger partial charge in [-0.05, 0) is 54.5 Å². The average molecular weight is 393 g/mol. The Kier molecular flexibility index (Phi) is 5.51. The molecular formula is C23H27N3O3. The van der Waals surface area contributed by atoms with E-state index in [1.54, 1.807) is 24.4 Å². The van der Waals surface area contributed by atoms with Gasteiger partial charge in [-0.1, -0.05) is 18.2 Å². The molecule has 29 heavy (non-hydrogen) atoms. The zero-order valence-corrected chi connectivity index (χ0v) is 16.6. The van der Waals surface area contributed by atoms with E-state index in [0.717, 1.165) is 50.2 Å². The van der Waals surface area contributed by atoms with E-state index in [1.165, 1.54) is 0 Å². The minimum atomic E-state index is 0.0997. The molecule has 0 bridgehead atoms. The number of phenols is 1. The number of hydrogen-bond donors (Lipinski definition) is 1. The van der Waals surface area contributed by atoms with Crippen molar-refractivity contribution in [1.82, 2.24) is 14.8 Å². The van der Waals surface area contributed by atoms with Crippen LogP contribution in [0.25, 0.3) is 0 Å². The fraction of sp³-hybridized carbons (Fsp3) is 0.435. The van der Waals surface area contributed by atoms with Crippen LogP contribution in [0.4, 0.5) is 0 Å². The number of aromatic hydroxyl groups is 1. The number of carbonyl (C=O) groups is 2. The Morgan fingerprint density at radius 2 is 1.93 bits per heavy atom. The standard InChI is InChI=1S/C23H27N3O3/c27-20-6-3-4-18(14-20)15-22(29)25-12-9-23(10-13-25)8-7-21(28)26(17-23)16-19-5-1-2-11-24-19/h1-6,11,14,27H,7-10,12-13,15-17H2. The maximum absolute atomic E-state index is 12.7. The van der Waals surface area contributed by atoms with Crippen molar-refractivity contribution in [3.63, 3.8) is 0 Å². The summed E-state index contributed by atoms with van der Waals surface area (Å²) in [4.78, 5) is 33.3. The minimum absolute atomic E-state index is 0.0997. The molecule has 2 aromatic rings. The van der Waals surface area contributed by atoms with Crippen LogP contribution in [-0.4, -0.2) is 51.3 Å². The van der Waals surface area contributed by atoms with E-state index in [-0.39, 0.29) is 23.0 Å². The van der Waals surface area contributed by atoms with Crippen molar-refractivity contribution >= 4 is 11.8 Å². The summed E-state index contributed by atoms with van der Waals surface area (Å²) in [5, 5.41) is 9.59. The maximum Gasteiger partial charge on any atom is 0.226 e. The van der Waals surface area contributed by atoms with E-state index in [4.69, 9.17) is 0 Å². The van der Waals surface area contributed by atoms with Gasteiger partial charge in [-0.2, -0.15) is 0 Å². The predicted molar refractivity (Wildman–Crippen MR) is 109 cm³/mol. The third kappa shape index (κ3) is 4.58. The molecule has 1 aromatic carbocycles. The molecule has 152 valence electrons. The third-order valence-electron chi connectivity index (χ3n) is 6.27. The lowest BCUT2D eigenvalue weighted by Gasteiger charge is -2.47. The van der Waals surface area contributed by atoms with Gasteiger partial charge in [0.05, 0.1) is 18.7 Å². The molecule has 2 amide bonds. The van der Waals surface area contributed by atoms with Crippen molar-refractivity contribution in [2.24, 2.45) is 5.41 Å². The summed E-state index contributed by atoms with van der Waals surface area (Å²) in [6.07, 6.45) is 5.39. The van der Waals surface area contributed by atoms with Crippen LogP contribution >= 0.6 is 0 Å². The molecule has 0 saturated carbocycles. The molecule has 0 radical (unpaired) electrons. The van der Waals surface area contributed by atoms with Crippen molar-refractivity contribution in [2.45, 2.75) is 38.6 Å². The highest BCUT2D eigenvalue weighted by Gasteiger charge is 2.41. The molecule has 2 aliphatic rings. The zero-order valence-electron chi connectivity index (χ0n) is 16.6. The predicted octanol–water partition coefficient (Wildman–Crippen LogP) is 2.76. The summed E-state index contributed by atoms with van der Waals surface area (Å²) in [7, 11) is 0. The lowest BCUT2D eigenvalue weighted by atomic mass is 9.72. The first-order valence-corrected chi connectivity index (χ1v) is 10.3. The number of likely N-dealkylation sites (tertiary alicyclic amines) is 2. The Labute approximate surface area is 171 Å². The number of amides is 2. The highest BCUT2D eigenvalue weighted by molar-refractivity contribution is 5.79. The Morgan fingerprint density at radius 1 is 1.10 bits per heavy atom. The summed E-state index contributed by atoms with van der Waals surface area (Å²) in [6, 6.07) is 12.7. The molecule has 1 N–H and O–H groups in total. The van der Waals surface area contributed by atoms with Crippen molar-refractivity contribution in [3.05, 3.63) is 59.9 Å². The highest BCUT2D eigenvalue weighted by atomic mass is 16.3. The Morgan fingerprint density at radius 3 is 2.66 bits per heavy atom. The van der Waals surface area contributed by atoms with E-state index >= 15 is 0 Å². The summed E-state index contributed by atoms with van der Waals surface area (Å²) in [5.41, 5.74) is 1.85. The van der Waals surface area contributed by atoms with Crippen molar-refractivity contribution in [2.75, 3.05) is 19.6 Å². The smallest absolute Gasteiger partial charge is 0.226 e. The molecule has 2 saturated heterocycles. The Hall–Kier alpha value is -2.89. The first-order valence-electron chi connectivity index (χ1n) is 10.3. The molecule has 2 fully saturated rings. The van der Waals surface area contributed by atoms with E-state index in [2.05, 4.69) is 4.98 Å². The van der Waals surface area contributed by atoms with Gasteiger partial charge >= 0.3 is 0 Å². The number of pyridine rings is 1. The Bertz CT molecular complexity index is 876. The van der Waals surface area contributed by atoms with Gasteiger partial charge in [0.25, 0.3) is 0 Å². The number of hydrogen-bond acceptors (Lipinski definition) is 4. The highest BCUT2D eigenvalue weighted by Crippen LogP contribution is 2.40. The molecule has 0 aliphatic carbocycles. The average Bonchev–Trinajstić information content (AvgIpc) is 2.72. The molecule has 0 unspecified atom stereocenters. The van der Waals surface area contributed by atoms with Crippen LogP contribution in [-0.2, 0) is 22.6 Å². The first kappa shape index (κ1) is 19.4. The van der Waals surface area contributed by atoms with Crippen molar-refractivity contribution < 1.29 is 14.7 Å². The van der Waals surface area contributed by atoms with Gasteiger partial charge in [-0.3, -0.25) is 14.6 Å². The largest absolute Gasteiger partial charge is 0.508 e. The number of benzene rings is 1. The molecule has 3 heterocycles. The second kappa shape index (κ2) is 8.23. The van der Waals surface area contributed by atoms with Crippen LogP contribution in [0, 0.1) is 5.41 Å². The van der Waals surface area contributed by atoms with Crippen molar-refractivity contribution in [1.29, 1.82) is 0 Å². The lowest BCUT2D eigenvalue weighted by Crippen LogP contribution is -2.52. The molecule has 6 heteroatoms. The van der Waals surface area contributed by atoms with E-state index < -0.39 is 0 Å². The molecule has 1 spiro atoms. The number of rotatable bonds is 4. The number of aromatic nitrogens is 1. The zero-order chi connectivity index (χ0) is 20.3. The third-order valence-corrected chi connectivity index (χ3v) is 6.27. The molecule has 0 atom stereocenters. The molecule has 1 aromatic heterocycles. The summed E-state index contributed by atoms with van der Waals surface area (Å²) in [6.45, 7) is 2.76. The van der Waals surface area contributed by atoms with Crippen LogP contribution in [0.2, 0.25) is 0 Å². The molecular weight excluding hydrogens is 366 g/mol. The number of nitrogens with zero attached hydrogens (tertiary/aromatic N) is 3. The van der Waals surface area contributed by atoms with Gasteiger partial charge in [-0.25, -0.2) is 0 Å². The van der Waals surface area contributed by atoms with Crippen LogP contribution < -0.4 is 0 Å². The minimum Gasteiger partial charge on any atom is -0.508 e. The van der Waals surface area contributed by atoms with E-state index in [1.807, 2.05) is 34.1 Å². The van der Waals surface area contributed by atoms with Gasteiger partial charge in [0.15, 0.2) is 0 Å². The topological polar surface area (TPSA) is 73.7 Å². The second-order valence-electron chi connectivity index (χ2n) is 8.30. The van der Waals surface area contributed by atoms with Gasteiger partial charge in [0.1, 0.15) is 5.75 Å². The van der Waals surface area contributed by atoms with Crippen LogP contribution in [0.3, 0.4) is 0 Å². The molecule has 2 aliphatic heterocycles. The van der Waals surface area contributed by atoms with Gasteiger partial charge in [-0.15, -0.1) is 0 Å². The summed E-state index contributed by atoms with van der Waals surface area (Å²) in [5.74, 6) is 0.485. The Balaban J connectivity index is 1.35. The van der Waals surface area contributed by atoms with Gasteiger partial charge < -0.3 is 14.9 Å².